The van der Waals surface area contributed by atoms with Crippen molar-refractivity contribution < 1.29 is 42.8 Å². The molecule has 0 fully saturated rings. The first kappa shape index (κ1) is 29.1. The number of carbonyl (C=O) groups is 2. The maximum absolute atomic E-state index is 13.7. The molecule has 0 aliphatic rings. The Balaban J connectivity index is 2.28. The third-order valence-electron chi connectivity index (χ3n) is 5.52. The summed E-state index contributed by atoms with van der Waals surface area (Å²) in [7, 11) is 1.52. The number of hydrogen-bond donors (Lipinski definition) is 1. The molecule has 1 aromatic heterocycles. The predicted molar refractivity (Wildman–Crippen MR) is 144 cm³/mol. The number of phenolic OH excluding ortho intramolecular Hbond substituents is 1. The van der Waals surface area contributed by atoms with E-state index in [-0.39, 0.29) is 47.9 Å². The Hall–Kier alpha value is -4.47. The fourth-order valence-corrected chi connectivity index (χ4v) is 3.72. The normalized spacial score (nSPS) is 10.6. The second-order valence-corrected chi connectivity index (χ2v) is 8.57. The van der Waals surface area contributed by atoms with Gasteiger partial charge in [-0.15, -0.1) is 0 Å². The van der Waals surface area contributed by atoms with Gasteiger partial charge < -0.3 is 33.2 Å². The number of hydrogen-bond acceptors (Lipinski definition) is 10. The van der Waals surface area contributed by atoms with Crippen molar-refractivity contribution in [3.63, 3.8) is 0 Å². The van der Waals surface area contributed by atoms with Crippen molar-refractivity contribution in [2.24, 2.45) is 0 Å². The molecule has 10 heteroatoms. The minimum atomic E-state index is -0.695. The summed E-state index contributed by atoms with van der Waals surface area (Å²) in [6, 6.07) is 7.92. The van der Waals surface area contributed by atoms with Crippen LogP contribution in [-0.4, -0.2) is 50.6 Å². The van der Waals surface area contributed by atoms with E-state index in [0.29, 0.717) is 16.9 Å². The van der Waals surface area contributed by atoms with E-state index in [9.17, 15) is 19.5 Å². The first-order valence-electron chi connectivity index (χ1n) is 12.4. The van der Waals surface area contributed by atoms with E-state index >= 15 is 0 Å². The van der Waals surface area contributed by atoms with Gasteiger partial charge in [0, 0.05) is 17.2 Å². The number of benzene rings is 2. The van der Waals surface area contributed by atoms with Gasteiger partial charge in [0.25, 0.3) is 0 Å². The van der Waals surface area contributed by atoms with Crippen LogP contribution in [0.1, 0.15) is 33.3 Å². The van der Waals surface area contributed by atoms with Crippen LogP contribution in [0.2, 0.25) is 0 Å². The molecular weight excluding hydrogens is 508 g/mol. The van der Waals surface area contributed by atoms with Crippen LogP contribution in [0.4, 0.5) is 0 Å². The lowest BCUT2D eigenvalue weighted by atomic mass is 10.0. The standard InChI is InChI=1S/C29H32O10/c1-6-35-23(31)15-37-22-14-21(30)25-26(33)29(38-16-24(32)36-7-2)27(18-9-11-19(34-5)12-10-18)39-28(25)20(22)13-8-17(3)4/h8-12,14,30H,6-7,13,15-16H2,1-5H3. The maximum atomic E-state index is 13.7. The molecule has 0 atom stereocenters. The zero-order chi connectivity index (χ0) is 28.5. The van der Waals surface area contributed by atoms with Crippen molar-refractivity contribution in [3.8, 4) is 34.3 Å². The van der Waals surface area contributed by atoms with Crippen molar-refractivity contribution in [1.29, 1.82) is 0 Å². The molecule has 10 nitrogen and oxygen atoms in total. The van der Waals surface area contributed by atoms with E-state index in [4.69, 9.17) is 28.1 Å². The SMILES string of the molecule is CCOC(=O)COc1cc(O)c2c(=O)c(OCC(=O)OCC)c(-c3ccc(OC)cc3)oc2c1CC=C(C)C. The van der Waals surface area contributed by atoms with Crippen LogP contribution in [-0.2, 0) is 25.5 Å². The molecule has 2 aromatic carbocycles. The summed E-state index contributed by atoms with van der Waals surface area (Å²) in [6.45, 7) is 6.52. The van der Waals surface area contributed by atoms with Gasteiger partial charge in [0.15, 0.2) is 19.0 Å². The molecule has 39 heavy (non-hydrogen) atoms. The van der Waals surface area contributed by atoms with Crippen LogP contribution in [0.15, 0.2) is 51.2 Å². The van der Waals surface area contributed by atoms with E-state index < -0.39 is 36.3 Å². The molecule has 0 amide bonds. The minimum Gasteiger partial charge on any atom is -0.507 e. The highest BCUT2D eigenvalue weighted by molar-refractivity contribution is 5.91. The van der Waals surface area contributed by atoms with Crippen LogP contribution in [0.3, 0.4) is 0 Å². The van der Waals surface area contributed by atoms with E-state index in [1.165, 1.54) is 13.2 Å². The van der Waals surface area contributed by atoms with Gasteiger partial charge in [0.1, 0.15) is 28.2 Å². The molecule has 0 saturated heterocycles. The van der Waals surface area contributed by atoms with E-state index in [2.05, 4.69) is 0 Å². The molecule has 0 bridgehead atoms. The first-order valence-corrected chi connectivity index (χ1v) is 12.4. The Morgan fingerprint density at radius 1 is 0.974 bits per heavy atom. The molecule has 0 aliphatic carbocycles. The third-order valence-corrected chi connectivity index (χ3v) is 5.52. The van der Waals surface area contributed by atoms with Gasteiger partial charge >= 0.3 is 11.9 Å². The summed E-state index contributed by atoms with van der Waals surface area (Å²) in [4.78, 5) is 37.7. The molecule has 0 saturated carbocycles. The zero-order valence-corrected chi connectivity index (χ0v) is 22.6. The lowest BCUT2D eigenvalue weighted by molar-refractivity contribution is -0.146. The Kier molecular flexibility index (Phi) is 9.97. The number of carbonyl (C=O) groups excluding carboxylic acids is 2. The lowest BCUT2D eigenvalue weighted by Crippen LogP contribution is -2.19. The number of allylic oxidation sites excluding steroid dienone is 2. The van der Waals surface area contributed by atoms with Crippen LogP contribution in [0.5, 0.6) is 23.0 Å². The van der Waals surface area contributed by atoms with E-state index in [1.54, 1.807) is 38.1 Å². The quantitative estimate of drug-likeness (QED) is 0.257. The zero-order valence-electron chi connectivity index (χ0n) is 22.6. The Morgan fingerprint density at radius 3 is 2.15 bits per heavy atom. The number of ether oxygens (including phenoxy) is 5. The van der Waals surface area contributed by atoms with Crippen LogP contribution < -0.4 is 19.6 Å². The monoisotopic (exact) mass is 540 g/mol. The van der Waals surface area contributed by atoms with Gasteiger partial charge in [-0.3, -0.25) is 4.79 Å². The Morgan fingerprint density at radius 2 is 1.59 bits per heavy atom. The number of methoxy groups -OCH3 is 1. The number of aromatic hydroxyl groups is 1. The molecule has 1 N–H and O–H groups in total. The molecule has 0 radical (unpaired) electrons. The van der Waals surface area contributed by atoms with Gasteiger partial charge in [0.2, 0.25) is 11.2 Å². The summed E-state index contributed by atoms with van der Waals surface area (Å²) in [5, 5.41) is 10.7. The number of phenols is 1. The van der Waals surface area contributed by atoms with Crippen molar-refractivity contribution in [2.45, 2.75) is 34.1 Å². The predicted octanol–water partition coefficient (Wildman–Crippen LogP) is 4.57. The average molecular weight is 541 g/mol. The summed E-state index contributed by atoms with van der Waals surface area (Å²) in [5.41, 5.74) is 1.22. The van der Waals surface area contributed by atoms with Gasteiger partial charge in [-0.25, -0.2) is 9.59 Å². The fraction of sp³-hybridized carbons (Fsp3) is 0.345. The Bertz CT molecular complexity index is 1410. The highest BCUT2D eigenvalue weighted by Gasteiger charge is 2.25. The highest BCUT2D eigenvalue weighted by Crippen LogP contribution is 2.40. The topological polar surface area (TPSA) is 131 Å². The maximum Gasteiger partial charge on any atom is 0.344 e. The molecule has 0 spiro atoms. The van der Waals surface area contributed by atoms with Crippen molar-refractivity contribution >= 4 is 22.9 Å². The Labute approximate surface area is 225 Å². The average Bonchev–Trinajstić information content (AvgIpc) is 2.90. The lowest BCUT2D eigenvalue weighted by Gasteiger charge is -2.16. The second-order valence-electron chi connectivity index (χ2n) is 8.57. The molecular formula is C29H32O10. The summed E-state index contributed by atoms with van der Waals surface area (Å²) >= 11 is 0. The largest absolute Gasteiger partial charge is 0.507 e. The van der Waals surface area contributed by atoms with Crippen LogP contribution >= 0.6 is 0 Å². The third kappa shape index (κ3) is 7.10. The number of esters is 2. The molecule has 3 rings (SSSR count). The van der Waals surface area contributed by atoms with Gasteiger partial charge in [0.05, 0.1) is 20.3 Å². The van der Waals surface area contributed by atoms with E-state index in [1.807, 2.05) is 19.9 Å². The smallest absolute Gasteiger partial charge is 0.344 e. The number of rotatable bonds is 12. The molecule has 0 unspecified atom stereocenters. The number of fused-ring (bicyclic) bond motifs is 1. The van der Waals surface area contributed by atoms with Crippen molar-refractivity contribution in [3.05, 3.63) is 57.8 Å². The van der Waals surface area contributed by atoms with Gasteiger partial charge in [-0.05, 0) is 58.4 Å². The summed E-state index contributed by atoms with van der Waals surface area (Å²) in [6.07, 6.45) is 2.16. The van der Waals surface area contributed by atoms with Crippen LogP contribution in [0.25, 0.3) is 22.3 Å². The highest BCUT2D eigenvalue weighted by atomic mass is 16.6. The van der Waals surface area contributed by atoms with Gasteiger partial charge in [-0.1, -0.05) is 11.6 Å². The molecule has 3 aromatic rings. The van der Waals surface area contributed by atoms with E-state index in [0.717, 1.165) is 5.57 Å². The second kappa shape index (κ2) is 13.4. The van der Waals surface area contributed by atoms with Crippen molar-refractivity contribution in [2.75, 3.05) is 33.5 Å². The molecule has 1 heterocycles. The minimum absolute atomic E-state index is 0.0276. The summed E-state index contributed by atoms with van der Waals surface area (Å²) < 4.78 is 32.6. The summed E-state index contributed by atoms with van der Waals surface area (Å²) in [5.74, 6) is -1.23. The first-order chi connectivity index (χ1) is 18.7. The van der Waals surface area contributed by atoms with Gasteiger partial charge in [-0.2, -0.15) is 0 Å². The molecule has 0 aliphatic heterocycles. The molecule has 208 valence electrons. The van der Waals surface area contributed by atoms with Crippen LogP contribution in [0, 0.1) is 0 Å². The van der Waals surface area contributed by atoms with Crippen molar-refractivity contribution in [1.82, 2.24) is 0 Å². The fourth-order valence-electron chi connectivity index (χ4n) is 3.72.